The third-order valence-electron chi connectivity index (χ3n) is 4.94. The molecule has 0 heterocycles. The number of hydrogen-bond acceptors (Lipinski definition) is 2. The topological polar surface area (TPSA) is 58.2 Å². The Bertz CT molecular complexity index is 737. The van der Waals surface area contributed by atoms with E-state index in [1.54, 1.807) is 12.1 Å². The van der Waals surface area contributed by atoms with Crippen molar-refractivity contribution >= 4 is 17.5 Å². The lowest BCUT2D eigenvalue weighted by atomic mass is 10.0. The first-order valence-corrected chi connectivity index (χ1v) is 9.43. The molecule has 0 unspecified atom stereocenters. The van der Waals surface area contributed by atoms with Crippen LogP contribution in [0.15, 0.2) is 54.6 Å². The summed E-state index contributed by atoms with van der Waals surface area (Å²) in [6.07, 6.45) is 6.04. The molecule has 1 aliphatic carbocycles. The first-order chi connectivity index (χ1) is 12.7. The van der Waals surface area contributed by atoms with Crippen LogP contribution < -0.4 is 10.6 Å². The minimum absolute atomic E-state index is 0.00133. The van der Waals surface area contributed by atoms with Crippen molar-refractivity contribution in [3.63, 3.8) is 0 Å². The van der Waals surface area contributed by atoms with Crippen LogP contribution in [0.2, 0.25) is 0 Å². The van der Waals surface area contributed by atoms with E-state index in [1.807, 2.05) is 42.5 Å². The van der Waals surface area contributed by atoms with Crippen molar-refractivity contribution in [2.45, 2.75) is 38.5 Å². The molecule has 2 N–H and O–H groups in total. The Morgan fingerprint density at radius 2 is 1.62 bits per heavy atom. The maximum absolute atomic E-state index is 12.5. The van der Waals surface area contributed by atoms with Gasteiger partial charge in [-0.3, -0.25) is 9.59 Å². The second-order valence-corrected chi connectivity index (χ2v) is 6.94. The zero-order valence-electron chi connectivity index (χ0n) is 15.0. The van der Waals surface area contributed by atoms with E-state index in [4.69, 9.17) is 0 Å². The molecular formula is C22H26N2O2. The van der Waals surface area contributed by atoms with E-state index in [0.29, 0.717) is 30.1 Å². The van der Waals surface area contributed by atoms with E-state index < -0.39 is 0 Å². The predicted octanol–water partition coefficient (Wildman–Crippen LogP) is 4.18. The van der Waals surface area contributed by atoms with Crippen LogP contribution in [0.3, 0.4) is 0 Å². The van der Waals surface area contributed by atoms with Crippen LogP contribution in [-0.4, -0.2) is 18.4 Å². The number of anilines is 1. The Balaban J connectivity index is 1.55. The lowest BCUT2D eigenvalue weighted by molar-refractivity contribution is -0.117. The Hall–Kier alpha value is -2.62. The van der Waals surface area contributed by atoms with Gasteiger partial charge in [0.05, 0.1) is 11.3 Å². The highest BCUT2D eigenvalue weighted by atomic mass is 16.2. The van der Waals surface area contributed by atoms with Crippen LogP contribution >= 0.6 is 0 Å². The Morgan fingerprint density at radius 1 is 0.923 bits per heavy atom. The molecule has 0 aromatic heterocycles. The van der Waals surface area contributed by atoms with Gasteiger partial charge in [-0.1, -0.05) is 55.3 Å². The summed E-state index contributed by atoms with van der Waals surface area (Å²) in [6, 6.07) is 17.3. The van der Waals surface area contributed by atoms with Gasteiger partial charge >= 0.3 is 0 Å². The number of carbonyl (C=O) groups excluding carboxylic acids is 2. The summed E-state index contributed by atoms with van der Waals surface area (Å²) in [4.78, 5) is 24.8. The highest BCUT2D eigenvalue weighted by Crippen LogP contribution is 2.28. The van der Waals surface area contributed by atoms with Gasteiger partial charge in [-0.25, -0.2) is 0 Å². The molecule has 1 aliphatic rings. The molecule has 136 valence electrons. The first kappa shape index (κ1) is 18.2. The first-order valence-electron chi connectivity index (χ1n) is 9.43. The Morgan fingerprint density at radius 3 is 2.38 bits per heavy atom. The average Bonchev–Trinajstić information content (AvgIpc) is 3.16. The van der Waals surface area contributed by atoms with E-state index in [2.05, 4.69) is 10.6 Å². The second-order valence-electron chi connectivity index (χ2n) is 6.94. The Kier molecular flexibility index (Phi) is 6.42. The molecule has 0 bridgehead atoms. The number of nitrogens with one attached hydrogen (secondary N) is 2. The fourth-order valence-corrected chi connectivity index (χ4v) is 3.53. The van der Waals surface area contributed by atoms with Crippen molar-refractivity contribution in [1.29, 1.82) is 0 Å². The molecule has 1 saturated carbocycles. The molecule has 4 nitrogen and oxygen atoms in total. The van der Waals surface area contributed by atoms with Crippen molar-refractivity contribution in [3.05, 3.63) is 65.7 Å². The number of para-hydroxylation sites is 1. The minimum atomic E-state index is -0.155. The van der Waals surface area contributed by atoms with Crippen LogP contribution in [0, 0.1) is 5.92 Å². The van der Waals surface area contributed by atoms with Crippen molar-refractivity contribution in [2.75, 3.05) is 11.9 Å². The summed E-state index contributed by atoms with van der Waals surface area (Å²) in [5.41, 5.74) is 2.29. The molecule has 4 heteroatoms. The molecule has 2 amide bonds. The van der Waals surface area contributed by atoms with Gasteiger partial charge in [0.25, 0.3) is 5.91 Å². The smallest absolute Gasteiger partial charge is 0.253 e. The van der Waals surface area contributed by atoms with Crippen LogP contribution in [-0.2, 0) is 11.2 Å². The van der Waals surface area contributed by atoms with Crippen molar-refractivity contribution in [2.24, 2.45) is 5.92 Å². The molecule has 0 radical (unpaired) electrons. The average molecular weight is 350 g/mol. The summed E-state index contributed by atoms with van der Waals surface area (Å²) >= 11 is 0. The van der Waals surface area contributed by atoms with E-state index in [-0.39, 0.29) is 11.8 Å². The summed E-state index contributed by atoms with van der Waals surface area (Å²) in [5.74, 6) is 0.334. The normalized spacial score (nSPS) is 14.2. The number of carbonyl (C=O) groups is 2. The van der Waals surface area contributed by atoms with Gasteiger partial charge in [0.1, 0.15) is 0 Å². The van der Waals surface area contributed by atoms with E-state index in [9.17, 15) is 9.59 Å². The summed E-state index contributed by atoms with van der Waals surface area (Å²) in [5, 5.41) is 5.87. The second kappa shape index (κ2) is 9.18. The summed E-state index contributed by atoms with van der Waals surface area (Å²) in [7, 11) is 0. The molecule has 2 aromatic rings. The maximum Gasteiger partial charge on any atom is 0.253 e. The molecule has 2 aromatic carbocycles. The quantitative estimate of drug-likeness (QED) is 0.787. The summed E-state index contributed by atoms with van der Waals surface area (Å²) in [6.45, 7) is 0.563. The number of amides is 2. The Labute approximate surface area is 155 Å². The maximum atomic E-state index is 12.5. The predicted molar refractivity (Wildman–Crippen MR) is 104 cm³/mol. The van der Waals surface area contributed by atoms with Crippen molar-refractivity contribution in [1.82, 2.24) is 5.32 Å². The van der Waals surface area contributed by atoms with E-state index in [0.717, 1.165) is 19.3 Å². The molecule has 26 heavy (non-hydrogen) atoms. The fraction of sp³-hybridized carbons (Fsp3) is 0.364. The zero-order chi connectivity index (χ0) is 18.2. The van der Waals surface area contributed by atoms with Gasteiger partial charge in [-0.2, -0.15) is 0 Å². The van der Waals surface area contributed by atoms with E-state index in [1.165, 1.54) is 18.4 Å². The minimum Gasteiger partial charge on any atom is -0.352 e. The van der Waals surface area contributed by atoms with Crippen molar-refractivity contribution < 1.29 is 9.59 Å². The van der Waals surface area contributed by atoms with Crippen LogP contribution in [0.5, 0.6) is 0 Å². The van der Waals surface area contributed by atoms with Gasteiger partial charge in [0, 0.05) is 13.0 Å². The third-order valence-corrected chi connectivity index (χ3v) is 4.94. The zero-order valence-corrected chi connectivity index (χ0v) is 15.0. The molecule has 1 fully saturated rings. The standard InChI is InChI=1S/C22H26N2O2/c25-21(16-18-10-4-5-11-18)24-20-13-7-6-12-19(20)22(26)23-15-14-17-8-2-1-3-9-17/h1-3,6-9,12-13,18H,4-5,10-11,14-16H2,(H,23,26)(H,24,25). The fourth-order valence-electron chi connectivity index (χ4n) is 3.53. The molecule has 0 atom stereocenters. The summed E-state index contributed by atoms with van der Waals surface area (Å²) < 4.78 is 0. The van der Waals surface area contributed by atoms with Crippen LogP contribution in [0.25, 0.3) is 0 Å². The number of rotatable bonds is 7. The molecule has 3 rings (SSSR count). The van der Waals surface area contributed by atoms with Crippen LogP contribution in [0.1, 0.15) is 48.0 Å². The third kappa shape index (κ3) is 5.19. The number of benzene rings is 2. The van der Waals surface area contributed by atoms with E-state index >= 15 is 0 Å². The number of hydrogen-bond donors (Lipinski definition) is 2. The van der Waals surface area contributed by atoms with Crippen molar-refractivity contribution in [3.8, 4) is 0 Å². The lowest BCUT2D eigenvalue weighted by Crippen LogP contribution is -2.27. The lowest BCUT2D eigenvalue weighted by Gasteiger charge is -2.13. The van der Waals surface area contributed by atoms with Gasteiger partial charge in [0.2, 0.25) is 5.91 Å². The highest BCUT2D eigenvalue weighted by Gasteiger charge is 2.19. The van der Waals surface area contributed by atoms with Gasteiger partial charge in [-0.05, 0) is 42.9 Å². The monoisotopic (exact) mass is 350 g/mol. The van der Waals surface area contributed by atoms with Gasteiger partial charge < -0.3 is 10.6 Å². The molecule has 0 spiro atoms. The highest BCUT2D eigenvalue weighted by molar-refractivity contribution is 6.03. The molecule has 0 saturated heterocycles. The largest absolute Gasteiger partial charge is 0.352 e. The van der Waals surface area contributed by atoms with Crippen LogP contribution in [0.4, 0.5) is 5.69 Å². The molecule has 0 aliphatic heterocycles. The van der Waals surface area contributed by atoms with Gasteiger partial charge in [-0.15, -0.1) is 0 Å². The van der Waals surface area contributed by atoms with Gasteiger partial charge in [0.15, 0.2) is 0 Å². The molecular weight excluding hydrogens is 324 g/mol. The SMILES string of the molecule is O=C(CC1CCCC1)Nc1ccccc1C(=O)NCCc1ccccc1.